The Hall–Kier alpha value is -2.54. The second kappa shape index (κ2) is 8.35. The van der Waals surface area contributed by atoms with Crippen LogP contribution in [0, 0.1) is 13.8 Å². The maximum absolute atomic E-state index is 11.5. The molecule has 0 atom stereocenters. The lowest BCUT2D eigenvalue weighted by Gasteiger charge is -2.14. The molecule has 2 aromatic heterocycles. The largest absolute Gasteiger partial charge is 0.390 e. The maximum atomic E-state index is 11.5. The molecule has 0 aliphatic rings. The SMILES string of the molecule is CC(=O)c1cnc(C)cn1.Cc1cnc(C(=O)CC(C)(C)O)cn1. The number of hydrogen-bond donors (Lipinski definition) is 1. The summed E-state index contributed by atoms with van der Waals surface area (Å²) in [4.78, 5) is 37.9. The molecule has 1 N–H and O–H groups in total. The zero-order chi connectivity index (χ0) is 18.3. The van der Waals surface area contributed by atoms with E-state index in [1.807, 2.05) is 6.92 Å². The molecule has 2 rings (SSSR count). The fraction of sp³-hybridized carbons (Fsp3) is 0.412. The van der Waals surface area contributed by atoms with Gasteiger partial charge in [-0.05, 0) is 27.7 Å². The third-order valence-corrected chi connectivity index (χ3v) is 2.80. The first kappa shape index (κ1) is 19.5. The first-order chi connectivity index (χ1) is 11.1. The molecule has 7 nitrogen and oxygen atoms in total. The van der Waals surface area contributed by atoms with Crippen LogP contribution in [0.25, 0.3) is 0 Å². The summed E-state index contributed by atoms with van der Waals surface area (Å²) < 4.78 is 0. The summed E-state index contributed by atoms with van der Waals surface area (Å²) in [6.07, 6.45) is 6.10. The van der Waals surface area contributed by atoms with Crippen LogP contribution in [0.1, 0.15) is 59.6 Å². The Bertz CT molecular complexity index is 689. The van der Waals surface area contributed by atoms with Crippen LogP contribution in [0.3, 0.4) is 0 Å². The number of carbonyl (C=O) groups excluding carboxylic acids is 2. The number of aliphatic hydroxyl groups is 1. The average molecular weight is 330 g/mol. The predicted octanol–water partition coefficient (Wildman–Crippen LogP) is 2.12. The Balaban J connectivity index is 0.000000254. The van der Waals surface area contributed by atoms with Gasteiger partial charge in [-0.2, -0.15) is 0 Å². The highest BCUT2D eigenvalue weighted by atomic mass is 16.3. The van der Waals surface area contributed by atoms with Crippen LogP contribution in [0.2, 0.25) is 0 Å². The van der Waals surface area contributed by atoms with Crippen molar-refractivity contribution in [2.24, 2.45) is 0 Å². The van der Waals surface area contributed by atoms with Crippen molar-refractivity contribution in [2.75, 3.05) is 0 Å². The lowest BCUT2D eigenvalue weighted by Crippen LogP contribution is -2.23. The smallest absolute Gasteiger partial charge is 0.185 e. The first-order valence-electron chi connectivity index (χ1n) is 7.42. The van der Waals surface area contributed by atoms with E-state index < -0.39 is 5.60 Å². The standard InChI is InChI=1S/C10H14N2O2.C7H8N2O/c1-7-5-12-8(6-11-7)9(13)4-10(2,3)14;1-5-3-9-7(4-8-5)6(2)10/h5-6,14H,4H2,1-3H3;3-4H,1-2H3. The van der Waals surface area contributed by atoms with E-state index in [1.165, 1.54) is 25.5 Å². The second-order valence-corrected chi connectivity index (χ2v) is 6.05. The predicted molar refractivity (Wildman–Crippen MR) is 88.8 cm³/mol. The molecular weight excluding hydrogens is 308 g/mol. The molecule has 0 bridgehead atoms. The number of aryl methyl sites for hydroxylation is 2. The van der Waals surface area contributed by atoms with E-state index in [4.69, 9.17) is 0 Å². The highest BCUT2D eigenvalue weighted by Crippen LogP contribution is 2.11. The van der Waals surface area contributed by atoms with Gasteiger partial charge in [0, 0.05) is 25.7 Å². The van der Waals surface area contributed by atoms with Crippen molar-refractivity contribution in [1.82, 2.24) is 19.9 Å². The van der Waals surface area contributed by atoms with Crippen molar-refractivity contribution in [2.45, 2.75) is 46.6 Å². The zero-order valence-electron chi connectivity index (χ0n) is 14.6. The van der Waals surface area contributed by atoms with Crippen LogP contribution in [0.5, 0.6) is 0 Å². The quantitative estimate of drug-likeness (QED) is 0.856. The summed E-state index contributed by atoms with van der Waals surface area (Å²) in [5, 5.41) is 9.43. The molecule has 0 fully saturated rings. The zero-order valence-corrected chi connectivity index (χ0v) is 14.6. The monoisotopic (exact) mass is 330 g/mol. The lowest BCUT2D eigenvalue weighted by molar-refractivity contribution is 0.0584. The van der Waals surface area contributed by atoms with Gasteiger partial charge >= 0.3 is 0 Å². The summed E-state index contributed by atoms with van der Waals surface area (Å²) in [7, 11) is 0. The number of Topliss-reactive ketones (excluding diaryl/α,β-unsaturated/α-hetero) is 2. The van der Waals surface area contributed by atoms with E-state index in [9.17, 15) is 14.7 Å². The van der Waals surface area contributed by atoms with Crippen molar-refractivity contribution in [1.29, 1.82) is 0 Å². The van der Waals surface area contributed by atoms with Crippen molar-refractivity contribution < 1.29 is 14.7 Å². The third kappa shape index (κ3) is 7.15. The van der Waals surface area contributed by atoms with Crippen LogP contribution in [-0.4, -0.2) is 42.2 Å². The van der Waals surface area contributed by atoms with Gasteiger partial charge in [0.1, 0.15) is 11.4 Å². The minimum Gasteiger partial charge on any atom is -0.390 e. The number of nitrogens with zero attached hydrogens (tertiary/aromatic N) is 4. The van der Waals surface area contributed by atoms with Gasteiger partial charge in [-0.15, -0.1) is 0 Å². The highest BCUT2D eigenvalue weighted by molar-refractivity contribution is 5.94. The molecule has 0 aliphatic heterocycles. The van der Waals surface area contributed by atoms with Gasteiger partial charge < -0.3 is 5.11 Å². The fourth-order valence-electron chi connectivity index (χ4n) is 1.59. The number of carbonyl (C=O) groups is 2. The van der Waals surface area contributed by atoms with Crippen molar-refractivity contribution in [3.8, 4) is 0 Å². The van der Waals surface area contributed by atoms with Crippen LogP contribution in [-0.2, 0) is 0 Å². The first-order valence-corrected chi connectivity index (χ1v) is 7.42. The Labute approximate surface area is 141 Å². The number of hydrogen-bond acceptors (Lipinski definition) is 7. The molecule has 7 heteroatoms. The average Bonchev–Trinajstić information content (AvgIpc) is 2.47. The topological polar surface area (TPSA) is 106 Å². The number of rotatable bonds is 4. The summed E-state index contributed by atoms with van der Waals surface area (Å²) >= 11 is 0. The second-order valence-electron chi connectivity index (χ2n) is 6.05. The maximum Gasteiger partial charge on any atom is 0.185 e. The molecule has 0 radical (unpaired) electrons. The molecule has 2 aromatic rings. The van der Waals surface area contributed by atoms with Crippen molar-refractivity contribution in [3.63, 3.8) is 0 Å². The molecule has 24 heavy (non-hydrogen) atoms. The Morgan fingerprint density at radius 2 is 1.38 bits per heavy atom. The van der Waals surface area contributed by atoms with Crippen LogP contribution in [0.4, 0.5) is 0 Å². The number of aromatic nitrogens is 4. The molecule has 0 unspecified atom stereocenters. The molecule has 0 saturated carbocycles. The summed E-state index contributed by atoms with van der Waals surface area (Å²) in [6.45, 7) is 8.28. The van der Waals surface area contributed by atoms with E-state index in [0.717, 1.165) is 11.4 Å². The van der Waals surface area contributed by atoms with E-state index in [2.05, 4.69) is 19.9 Å². The molecule has 0 aromatic carbocycles. The fourth-order valence-corrected chi connectivity index (χ4v) is 1.59. The Kier molecular flexibility index (Phi) is 6.79. The lowest BCUT2D eigenvalue weighted by atomic mass is 10.0. The third-order valence-electron chi connectivity index (χ3n) is 2.80. The van der Waals surface area contributed by atoms with Gasteiger partial charge in [0.25, 0.3) is 0 Å². The minimum absolute atomic E-state index is 0.0486. The van der Waals surface area contributed by atoms with Crippen LogP contribution >= 0.6 is 0 Å². The van der Waals surface area contributed by atoms with Crippen molar-refractivity contribution in [3.05, 3.63) is 47.6 Å². The normalized spacial score (nSPS) is 10.6. The molecule has 0 saturated heterocycles. The molecule has 2 heterocycles. The van der Waals surface area contributed by atoms with E-state index in [1.54, 1.807) is 27.0 Å². The molecule has 0 aliphatic carbocycles. The summed E-state index contributed by atoms with van der Waals surface area (Å²) in [5.74, 6) is -0.238. The van der Waals surface area contributed by atoms with E-state index in [0.29, 0.717) is 11.4 Å². The molecule has 0 spiro atoms. The van der Waals surface area contributed by atoms with Crippen LogP contribution in [0.15, 0.2) is 24.8 Å². The molecule has 128 valence electrons. The van der Waals surface area contributed by atoms with Crippen molar-refractivity contribution >= 4 is 11.6 Å². The summed E-state index contributed by atoms with van der Waals surface area (Å²) in [6, 6.07) is 0. The molecule has 0 amide bonds. The van der Waals surface area contributed by atoms with Gasteiger partial charge in [-0.25, -0.2) is 9.97 Å². The van der Waals surface area contributed by atoms with Gasteiger partial charge in [0.05, 0.1) is 29.4 Å². The van der Waals surface area contributed by atoms with E-state index in [-0.39, 0.29) is 18.0 Å². The van der Waals surface area contributed by atoms with E-state index >= 15 is 0 Å². The summed E-state index contributed by atoms with van der Waals surface area (Å²) in [5.41, 5.74) is 1.32. The van der Waals surface area contributed by atoms with Crippen LogP contribution < -0.4 is 0 Å². The highest BCUT2D eigenvalue weighted by Gasteiger charge is 2.20. The minimum atomic E-state index is -0.996. The Morgan fingerprint density at radius 3 is 1.71 bits per heavy atom. The van der Waals surface area contributed by atoms with Gasteiger partial charge in [-0.3, -0.25) is 19.6 Å². The van der Waals surface area contributed by atoms with Gasteiger partial charge in [-0.1, -0.05) is 0 Å². The van der Waals surface area contributed by atoms with Gasteiger partial charge in [0.2, 0.25) is 0 Å². The Morgan fingerprint density at radius 1 is 0.917 bits per heavy atom. The number of ketones is 2. The molecular formula is C17H22N4O3. The van der Waals surface area contributed by atoms with Gasteiger partial charge in [0.15, 0.2) is 11.6 Å².